The Morgan fingerprint density at radius 3 is 2.32 bits per heavy atom. The Labute approximate surface area is 128 Å². The first-order chi connectivity index (χ1) is 10.7. The normalized spacial score (nSPS) is 10.1. The number of carbonyl (C=O) groups is 1. The second-order valence-corrected chi connectivity index (χ2v) is 4.68. The Balaban J connectivity index is 1.67. The first-order valence-corrected chi connectivity index (χ1v) is 6.95. The third-order valence-electron chi connectivity index (χ3n) is 3.03. The number of ether oxygens (including phenoxy) is 2. The van der Waals surface area contributed by atoms with E-state index in [1.165, 1.54) is 12.1 Å². The van der Waals surface area contributed by atoms with E-state index in [9.17, 15) is 9.18 Å². The highest BCUT2D eigenvalue weighted by atomic mass is 19.1. The molecule has 0 aromatic heterocycles. The van der Waals surface area contributed by atoms with Crippen LogP contribution in [0.1, 0.15) is 5.56 Å². The van der Waals surface area contributed by atoms with E-state index in [4.69, 9.17) is 9.47 Å². The average Bonchev–Trinajstić information content (AvgIpc) is 2.54. The number of nitrogens with one attached hydrogen (secondary N) is 1. The van der Waals surface area contributed by atoms with Crippen molar-refractivity contribution < 1.29 is 18.7 Å². The van der Waals surface area contributed by atoms with Gasteiger partial charge in [-0.05, 0) is 42.0 Å². The van der Waals surface area contributed by atoms with Crippen molar-refractivity contribution in [1.29, 1.82) is 0 Å². The highest BCUT2D eigenvalue weighted by Gasteiger charge is 2.03. The molecule has 0 unspecified atom stereocenters. The van der Waals surface area contributed by atoms with E-state index < -0.39 is 0 Å². The maximum atomic E-state index is 12.7. The summed E-state index contributed by atoms with van der Waals surface area (Å²) in [4.78, 5) is 11.8. The summed E-state index contributed by atoms with van der Waals surface area (Å²) in [6.45, 7) is 0.729. The molecule has 2 rings (SSSR count). The number of hydrogen-bond donors (Lipinski definition) is 1. The number of methoxy groups -OCH3 is 1. The molecule has 0 atom stereocenters. The molecule has 0 saturated carbocycles. The summed E-state index contributed by atoms with van der Waals surface area (Å²) in [6, 6.07) is 13.1. The van der Waals surface area contributed by atoms with Gasteiger partial charge in [0, 0.05) is 0 Å². The van der Waals surface area contributed by atoms with Crippen LogP contribution in [-0.2, 0) is 11.2 Å². The summed E-state index contributed by atoms with van der Waals surface area (Å²) < 4.78 is 23.2. The van der Waals surface area contributed by atoms with Crippen molar-refractivity contribution >= 4 is 5.91 Å². The molecule has 0 bridgehead atoms. The van der Waals surface area contributed by atoms with E-state index in [-0.39, 0.29) is 11.7 Å². The largest absolute Gasteiger partial charge is 0.497 e. The second kappa shape index (κ2) is 8.02. The molecule has 2 aromatic rings. The molecule has 116 valence electrons. The number of benzene rings is 2. The monoisotopic (exact) mass is 303 g/mol. The molecular formula is C17H18FNO3. The van der Waals surface area contributed by atoms with Crippen LogP contribution < -0.4 is 14.8 Å². The summed E-state index contributed by atoms with van der Waals surface area (Å²) >= 11 is 0. The summed E-state index contributed by atoms with van der Waals surface area (Å²) in [7, 11) is 1.60. The fraction of sp³-hybridized carbons (Fsp3) is 0.235. The molecule has 0 aliphatic heterocycles. The molecular weight excluding hydrogens is 285 g/mol. The van der Waals surface area contributed by atoms with Crippen LogP contribution >= 0.6 is 0 Å². The fourth-order valence-corrected chi connectivity index (χ4v) is 1.88. The highest BCUT2D eigenvalue weighted by molar-refractivity contribution is 5.78. The third kappa shape index (κ3) is 5.09. The molecule has 4 nitrogen and oxygen atoms in total. The predicted octanol–water partition coefficient (Wildman–Crippen LogP) is 2.57. The lowest BCUT2D eigenvalue weighted by Gasteiger charge is -2.08. The van der Waals surface area contributed by atoms with Gasteiger partial charge in [0.25, 0.3) is 0 Å². The van der Waals surface area contributed by atoms with Gasteiger partial charge >= 0.3 is 0 Å². The van der Waals surface area contributed by atoms with Crippen molar-refractivity contribution in [2.24, 2.45) is 0 Å². The van der Waals surface area contributed by atoms with Crippen molar-refractivity contribution in [1.82, 2.24) is 5.32 Å². The minimum absolute atomic E-state index is 0.0760. The summed E-state index contributed by atoms with van der Waals surface area (Å²) in [5, 5.41) is 2.77. The maximum absolute atomic E-state index is 12.7. The quantitative estimate of drug-likeness (QED) is 0.800. The Morgan fingerprint density at radius 2 is 1.68 bits per heavy atom. The standard InChI is InChI=1S/C17H18FNO3/c1-21-15-6-2-13(3-7-15)12-17(20)19-10-11-22-16-8-4-14(18)5-9-16/h2-9H,10-12H2,1H3,(H,19,20). The van der Waals surface area contributed by atoms with Crippen LogP contribution in [0.3, 0.4) is 0 Å². The molecule has 0 aliphatic rings. The zero-order valence-corrected chi connectivity index (χ0v) is 12.3. The van der Waals surface area contributed by atoms with Gasteiger partial charge in [-0.2, -0.15) is 0 Å². The Bertz CT molecular complexity index is 596. The minimum atomic E-state index is -0.305. The molecule has 0 spiro atoms. The van der Waals surface area contributed by atoms with Crippen molar-refractivity contribution in [2.45, 2.75) is 6.42 Å². The number of rotatable bonds is 7. The molecule has 0 heterocycles. The van der Waals surface area contributed by atoms with Crippen LogP contribution in [-0.4, -0.2) is 26.2 Å². The zero-order chi connectivity index (χ0) is 15.8. The van der Waals surface area contributed by atoms with E-state index in [2.05, 4.69) is 5.32 Å². The maximum Gasteiger partial charge on any atom is 0.224 e. The molecule has 22 heavy (non-hydrogen) atoms. The van der Waals surface area contributed by atoms with E-state index in [1.54, 1.807) is 19.2 Å². The lowest BCUT2D eigenvalue weighted by atomic mass is 10.1. The highest BCUT2D eigenvalue weighted by Crippen LogP contribution is 2.12. The summed E-state index contributed by atoms with van der Waals surface area (Å²) in [5.74, 6) is 0.954. The summed E-state index contributed by atoms with van der Waals surface area (Å²) in [5.41, 5.74) is 0.915. The number of amides is 1. The van der Waals surface area contributed by atoms with Gasteiger partial charge in [0.05, 0.1) is 20.1 Å². The Hall–Kier alpha value is -2.56. The third-order valence-corrected chi connectivity index (χ3v) is 3.03. The van der Waals surface area contributed by atoms with E-state index in [0.29, 0.717) is 25.3 Å². The van der Waals surface area contributed by atoms with Crippen LogP contribution in [0.2, 0.25) is 0 Å². The van der Waals surface area contributed by atoms with Crippen LogP contribution in [0.4, 0.5) is 4.39 Å². The predicted molar refractivity (Wildman–Crippen MR) is 81.6 cm³/mol. The van der Waals surface area contributed by atoms with Gasteiger partial charge in [0.1, 0.15) is 23.9 Å². The van der Waals surface area contributed by atoms with Crippen molar-refractivity contribution in [3.63, 3.8) is 0 Å². The van der Waals surface area contributed by atoms with Gasteiger partial charge < -0.3 is 14.8 Å². The van der Waals surface area contributed by atoms with Gasteiger partial charge in [-0.25, -0.2) is 4.39 Å². The lowest BCUT2D eigenvalue weighted by Crippen LogP contribution is -2.29. The molecule has 0 radical (unpaired) electrons. The van der Waals surface area contributed by atoms with Crippen molar-refractivity contribution in [3.05, 3.63) is 59.9 Å². The van der Waals surface area contributed by atoms with Gasteiger partial charge in [-0.15, -0.1) is 0 Å². The molecule has 2 aromatic carbocycles. The van der Waals surface area contributed by atoms with Gasteiger partial charge in [0.15, 0.2) is 0 Å². The van der Waals surface area contributed by atoms with Crippen LogP contribution in [0.15, 0.2) is 48.5 Å². The SMILES string of the molecule is COc1ccc(CC(=O)NCCOc2ccc(F)cc2)cc1. The second-order valence-electron chi connectivity index (χ2n) is 4.68. The molecule has 0 saturated heterocycles. The van der Waals surface area contributed by atoms with Crippen molar-refractivity contribution in [3.8, 4) is 11.5 Å². The van der Waals surface area contributed by atoms with Crippen molar-refractivity contribution in [2.75, 3.05) is 20.3 Å². The number of halogens is 1. The number of hydrogen-bond acceptors (Lipinski definition) is 3. The fourth-order valence-electron chi connectivity index (χ4n) is 1.88. The first-order valence-electron chi connectivity index (χ1n) is 6.95. The number of carbonyl (C=O) groups excluding carboxylic acids is 1. The van der Waals surface area contributed by atoms with Crippen LogP contribution in [0, 0.1) is 5.82 Å². The molecule has 1 N–H and O–H groups in total. The smallest absolute Gasteiger partial charge is 0.224 e. The van der Waals surface area contributed by atoms with E-state index in [0.717, 1.165) is 11.3 Å². The van der Waals surface area contributed by atoms with Crippen LogP contribution in [0.5, 0.6) is 11.5 Å². The Morgan fingerprint density at radius 1 is 1.05 bits per heavy atom. The molecule has 1 amide bonds. The average molecular weight is 303 g/mol. The van der Waals surface area contributed by atoms with Gasteiger partial charge in [-0.1, -0.05) is 12.1 Å². The van der Waals surface area contributed by atoms with E-state index >= 15 is 0 Å². The van der Waals surface area contributed by atoms with Gasteiger partial charge in [0.2, 0.25) is 5.91 Å². The molecule has 0 aliphatic carbocycles. The first kappa shape index (κ1) is 15.8. The van der Waals surface area contributed by atoms with Gasteiger partial charge in [-0.3, -0.25) is 4.79 Å². The lowest BCUT2D eigenvalue weighted by molar-refractivity contribution is -0.120. The molecule has 0 fully saturated rings. The summed E-state index contributed by atoms with van der Waals surface area (Å²) in [6.07, 6.45) is 0.306. The van der Waals surface area contributed by atoms with Crippen LogP contribution in [0.25, 0.3) is 0 Å². The topological polar surface area (TPSA) is 47.6 Å². The Kier molecular flexibility index (Phi) is 5.77. The zero-order valence-electron chi connectivity index (χ0n) is 12.3. The molecule has 5 heteroatoms. The minimum Gasteiger partial charge on any atom is -0.497 e. The van der Waals surface area contributed by atoms with E-state index in [1.807, 2.05) is 24.3 Å².